The molecule has 0 saturated carbocycles. The van der Waals surface area contributed by atoms with E-state index in [1.54, 1.807) is 23.1 Å². The number of halogens is 3. The maximum Gasteiger partial charge on any atom is 0.331 e. The van der Waals surface area contributed by atoms with Crippen molar-refractivity contribution in [2.75, 3.05) is 23.3 Å². The Balaban J connectivity index is 1.76. The highest BCUT2D eigenvalue weighted by Gasteiger charge is 2.26. The lowest BCUT2D eigenvalue weighted by molar-refractivity contribution is -0.133. The molecule has 0 saturated heterocycles. The SMILES string of the molecule is O=C(CN1CC(=O)Oc2ccc(Cl)cc21)Nc1ccc(F)c(Cl)c1. The van der Waals surface area contributed by atoms with Gasteiger partial charge in [0.25, 0.3) is 0 Å². The number of esters is 1. The van der Waals surface area contributed by atoms with Gasteiger partial charge in [-0.05, 0) is 36.4 Å². The predicted octanol–water partition coefficient (Wildman–Crippen LogP) is 3.50. The van der Waals surface area contributed by atoms with E-state index in [4.69, 9.17) is 27.9 Å². The normalized spacial score (nSPS) is 13.3. The molecular formula is C16H11Cl2FN2O3. The average molecular weight is 369 g/mol. The van der Waals surface area contributed by atoms with Gasteiger partial charge in [0.15, 0.2) is 5.75 Å². The van der Waals surface area contributed by atoms with Crippen molar-refractivity contribution in [3.63, 3.8) is 0 Å². The third-order valence-electron chi connectivity index (χ3n) is 3.34. The Hall–Kier alpha value is -2.31. The van der Waals surface area contributed by atoms with Crippen LogP contribution in [0.15, 0.2) is 36.4 Å². The van der Waals surface area contributed by atoms with E-state index in [-0.39, 0.29) is 18.1 Å². The first-order valence-corrected chi connectivity index (χ1v) is 7.68. The summed E-state index contributed by atoms with van der Waals surface area (Å²) in [5.74, 6) is -1.09. The van der Waals surface area contributed by atoms with Crippen molar-refractivity contribution in [3.8, 4) is 5.75 Å². The van der Waals surface area contributed by atoms with Crippen LogP contribution >= 0.6 is 23.2 Å². The molecule has 1 N–H and O–H groups in total. The standard InChI is InChI=1S/C16H11Cl2FN2O3/c17-9-1-4-14-13(5-9)21(8-16(23)24-14)7-15(22)20-10-2-3-12(19)11(18)6-10/h1-6H,7-8H2,(H,20,22). The number of carbonyl (C=O) groups excluding carboxylic acids is 2. The van der Waals surface area contributed by atoms with Crippen LogP contribution in [0.1, 0.15) is 0 Å². The van der Waals surface area contributed by atoms with E-state index in [9.17, 15) is 14.0 Å². The van der Waals surface area contributed by atoms with Gasteiger partial charge in [0.05, 0.1) is 17.3 Å². The molecule has 5 nitrogen and oxygen atoms in total. The van der Waals surface area contributed by atoms with E-state index in [0.717, 1.165) is 6.07 Å². The van der Waals surface area contributed by atoms with E-state index in [0.29, 0.717) is 22.1 Å². The number of hydrogen-bond donors (Lipinski definition) is 1. The number of benzene rings is 2. The van der Waals surface area contributed by atoms with E-state index in [1.807, 2.05) is 0 Å². The largest absolute Gasteiger partial charge is 0.423 e. The van der Waals surface area contributed by atoms with Gasteiger partial charge in [-0.25, -0.2) is 9.18 Å². The molecule has 0 fully saturated rings. The number of nitrogens with one attached hydrogen (secondary N) is 1. The topological polar surface area (TPSA) is 58.6 Å². The summed E-state index contributed by atoms with van der Waals surface area (Å²) in [6, 6.07) is 8.65. The maximum atomic E-state index is 13.1. The molecule has 1 aliphatic heterocycles. The fourth-order valence-electron chi connectivity index (χ4n) is 2.31. The van der Waals surface area contributed by atoms with Crippen LogP contribution in [0, 0.1) is 5.82 Å². The first kappa shape index (κ1) is 16.5. The lowest BCUT2D eigenvalue weighted by Gasteiger charge is -2.29. The van der Waals surface area contributed by atoms with Gasteiger partial charge in [-0.3, -0.25) is 4.79 Å². The molecule has 0 unspecified atom stereocenters. The summed E-state index contributed by atoms with van der Waals surface area (Å²) < 4.78 is 18.3. The summed E-state index contributed by atoms with van der Waals surface area (Å²) >= 11 is 11.6. The van der Waals surface area contributed by atoms with Gasteiger partial charge in [0.2, 0.25) is 5.91 Å². The number of ether oxygens (including phenoxy) is 1. The molecule has 3 rings (SSSR count). The second-order valence-corrected chi connectivity index (χ2v) is 5.96. The average Bonchev–Trinajstić information content (AvgIpc) is 2.51. The summed E-state index contributed by atoms with van der Waals surface area (Å²) in [7, 11) is 0. The quantitative estimate of drug-likeness (QED) is 0.665. The Morgan fingerprint density at radius 3 is 2.79 bits per heavy atom. The molecule has 2 aromatic rings. The fourth-order valence-corrected chi connectivity index (χ4v) is 2.66. The van der Waals surface area contributed by atoms with Crippen molar-refractivity contribution >= 4 is 46.5 Å². The molecular weight excluding hydrogens is 358 g/mol. The van der Waals surface area contributed by atoms with Crippen LogP contribution in [0.4, 0.5) is 15.8 Å². The van der Waals surface area contributed by atoms with Gasteiger partial charge in [0, 0.05) is 10.7 Å². The summed E-state index contributed by atoms with van der Waals surface area (Å²) in [4.78, 5) is 25.4. The minimum absolute atomic E-state index is 0.0784. The molecule has 0 atom stereocenters. The van der Waals surface area contributed by atoms with Crippen LogP contribution in [0.5, 0.6) is 5.75 Å². The first-order chi connectivity index (χ1) is 11.4. The predicted molar refractivity (Wildman–Crippen MR) is 89.3 cm³/mol. The zero-order valence-electron chi connectivity index (χ0n) is 12.2. The molecule has 24 heavy (non-hydrogen) atoms. The molecule has 0 spiro atoms. The van der Waals surface area contributed by atoms with Crippen LogP contribution in [0.3, 0.4) is 0 Å². The molecule has 2 aromatic carbocycles. The summed E-state index contributed by atoms with van der Waals surface area (Å²) in [6.07, 6.45) is 0. The monoisotopic (exact) mass is 368 g/mol. The van der Waals surface area contributed by atoms with Crippen LogP contribution in [-0.4, -0.2) is 25.0 Å². The minimum atomic E-state index is -0.572. The molecule has 0 aromatic heterocycles. The second kappa shape index (κ2) is 6.67. The molecule has 124 valence electrons. The van der Waals surface area contributed by atoms with Crippen molar-refractivity contribution in [1.82, 2.24) is 0 Å². The van der Waals surface area contributed by atoms with Crippen molar-refractivity contribution in [2.45, 2.75) is 0 Å². The number of amides is 1. The van der Waals surface area contributed by atoms with Crippen molar-refractivity contribution in [3.05, 3.63) is 52.3 Å². The highest BCUT2D eigenvalue weighted by atomic mass is 35.5. The summed E-state index contributed by atoms with van der Waals surface area (Å²) in [6.45, 7) is -0.178. The van der Waals surface area contributed by atoms with Crippen molar-refractivity contribution in [1.29, 1.82) is 0 Å². The van der Waals surface area contributed by atoms with E-state index in [2.05, 4.69) is 5.32 Å². The highest BCUT2D eigenvalue weighted by Crippen LogP contribution is 2.34. The number of nitrogens with zero attached hydrogens (tertiary/aromatic N) is 1. The second-order valence-electron chi connectivity index (χ2n) is 5.12. The van der Waals surface area contributed by atoms with E-state index in [1.165, 1.54) is 12.1 Å². The maximum absolute atomic E-state index is 13.1. The summed E-state index contributed by atoms with van der Waals surface area (Å²) in [5.41, 5.74) is 0.909. The molecule has 8 heteroatoms. The zero-order chi connectivity index (χ0) is 17.3. The molecule has 1 heterocycles. The number of fused-ring (bicyclic) bond motifs is 1. The summed E-state index contributed by atoms with van der Waals surface area (Å²) in [5, 5.41) is 2.97. The van der Waals surface area contributed by atoms with Crippen LogP contribution < -0.4 is 15.0 Å². The Labute approximate surface area is 146 Å². The van der Waals surface area contributed by atoms with Crippen LogP contribution in [0.2, 0.25) is 10.0 Å². The number of anilines is 2. The van der Waals surface area contributed by atoms with Crippen LogP contribution in [-0.2, 0) is 9.59 Å². The number of hydrogen-bond acceptors (Lipinski definition) is 4. The van der Waals surface area contributed by atoms with Gasteiger partial charge < -0.3 is 15.0 Å². The third-order valence-corrected chi connectivity index (χ3v) is 3.87. The molecule has 1 aliphatic rings. The van der Waals surface area contributed by atoms with Gasteiger partial charge in [-0.15, -0.1) is 0 Å². The molecule has 0 radical (unpaired) electrons. The molecule has 0 bridgehead atoms. The van der Waals surface area contributed by atoms with Gasteiger partial charge in [0.1, 0.15) is 12.4 Å². The lowest BCUT2D eigenvalue weighted by atomic mass is 10.2. The van der Waals surface area contributed by atoms with Crippen molar-refractivity contribution in [2.24, 2.45) is 0 Å². The van der Waals surface area contributed by atoms with E-state index >= 15 is 0 Å². The smallest absolute Gasteiger partial charge is 0.331 e. The van der Waals surface area contributed by atoms with Crippen LogP contribution in [0.25, 0.3) is 0 Å². The number of carbonyl (C=O) groups is 2. The first-order valence-electron chi connectivity index (χ1n) is 6.92. The molecule has 0 aliphatic carbocycles. The van der Waals surface area contributed by atoms with Gasteiger partial charge in [-0.2, -0.15) is 0 Å². The Kier molecular flexibility index (Phi) is 4.59. The highest BCUT2D eigenvalue weighted by molar-refractivity contribution is 6.31. The van der Waals surface area contributed by atoms with Gasteiger partial charge >= 0.3 is 5.97 Å². The lowest BCUT2D eigenvalue weighted by Crippen LogP contribution is -2.41. The zero-order valence-corrected chi connectivity index (χ0v) is 13.7. The molecule has 1 amide bonds. The number of rotatable bonds is 3. The Bertz CT molecular complexity index is 829. The Morgan fingerprint density at radius 1 is 1.25 bits per heavy atom. The Morgan fingerprint density at radius 2 is 2.04 bits per heavy atom. The fraction of sp³-hybridized carbons (Fsp3) is 0.125. The van der Waals surface area contributed by atoms with E-state index < -0.39 is 17.7 Å². The third kappa shape index (κ3) is 3.60. The van der Waals surface area contributed by atoms with Gasteiger partial charge in [-0.1, -0.05) is 23.2 Å². The minimum Gasteiger partial charge on any atom is -0.423 e. The van der Waals surface area contributed by atoms with Crippen molar-refractivity contribution < 1.29 is 18.7 Å².